The van der Waals surface area contributed by atoms with Crippen molar-refractivity contribution in [3.63, 3.8) is 0 Å². The lowest BCUT2D eigenvalue weighted by Crippen LogP contribution is -2.35. The van der Waals surface area contributed by atoms with Gasteiger partial charge in [0, 0.05) is 25.2 Å². The van der Waals surface area contributed by atoms with Crippen molar-refractivity contribution >= 4 is 17.2 Å². The molecule has 0 saturated carbocycles. The van der Waals surface area contributed by atoms with Gasteiger partial charge in [0.15, 0.2) is 0 Å². The number of hydrogen-bond acceptors (Lipinski definition) is 3. The summed E-state index contributed by atoms with van der Waals surface area (Å²) in [5.74, 6) is 0. The molecule has 3 nitrogen and oxygen atoms in total. The van der Waals surface area contributed by atoms with E-state index in [4.69, 9.17) is 18.0 Å². The fourth-order valence-corrected chi connectivity index (χ4v) is 2.47. The van der Waals surface area contributed by atoms with E-state index in [1.54, 1.807) is 0 Å². The van der Waals surface area contributed by atoms with E-state index in [9.17, 15) is 5.11 Å². The summed E-state index contributed by atoms with van der Waals surface area (Å²) < 4.78 is 0. The molecule has 1 heterocycles. The van der Waals surface area contributed by atoms with Gasteiger partial charge in [-0.15, -0.1) is 0 Å². The Labute approximate surface area is 114 Å². The zero-order valence-electron chi connectivity index (χ0n) is 10.7. The van der Waals surface area contributed by atoms with Crippen LogP contribution in [0.3, 0.4) is 0 Å². The van der Waals surface area contributed by atoms with E-state index in [0.717, 1.165) is 38.0 Å². The molecule has 1 aromatic rings. The monoisotopic (exact) mass is 264 g/mol. The van der Waals surface area contributed by atoms with Crippen LogP contribution in [0.1, 0.15) is 29.5 Å². The summed E-state index contributed by atoms with van der Waals surface area (Å²) >= 11 is 4.98. The first-order chi connectivity index (χ1) is 8.56. The van der Waals surface area contributed by atoms with Crippen molar-refractivity contribution in [2.45, 2.75) is 32.4 Å². The second-order valence-corrected chi connectivity index (χ2v) is 5.45. The van der Waals surface area contributed by atoms with Gasteiger partial charge < -0.3 is 10.8 Å². The first-order valence-electron chi connectivity index (χ1n) is 6.36. The van der Waals surface area contributed by atoms with E-state index in [0.29, 0.717) is 4.99 Å². The van der Waals surface area contributed by atoms with Crippen molar-refractivity contribution in [1.29, 1.82) is 0 Å². The minimum atomic E-state index is -0.112. The molecule has 1 aromatic carbocycles. The largest absolute Gasteiger partial charge is 0.393 e. The molecule has 0 bridgehead atoms. The molecule has 0 amide bonds. The highest BCUT2D eigenvalue weighted by atomic mass is 32.1. The summed E-state index contributed by atoms with van der Waals surface area (Å²) in [5.41, 5.74) is 9.10. The minimum Gasteiger partial charge on any atom is -0.393 e. The third-order valence-electron chi connectivity index (χ3n) is 3.58. The molecular formula is C14H20N2OS. The lowest BCUT2D eigenvalue weighted by molar-refractivity contribution is 0.0792. The lowest BCUT2D eigenvalue weighted by atomic mass is 10.0. The molecule has 0 spiro atoms. The molecule has 0 aliphatic carbocycles. The van der Waals surface area contributed by atoms with Crippen LogP contribution in [0.2, 0.25) is 0 Å². The number of aliphatic hydroxyl groups excluding tert-OH is 1. The van der Waals surface area contributed by atoms with Crippen LogP contribution in [0.25, 0.3) is 0 Å². The Hall–Kier alpha value is -0.970. The number of rotatable bonds is 3. The number of nitrogens with zero attached hydrogens (tertiary/aromatic N) is 1. The van der Waals surface area contributed by atoms with Crippen LogP contribution in [-0.4, -0.2) is 34.2 Å². The van der Waals surface area contributed by atoms with Gasteiger partial charge >= 0.3 is 0 Å². The summed E-state index contributed by atoms with van der Waals surface area (Å²) in [5, 5.41) is 9.49. The van der Waals surface area contributed by atoms with Gasteiger partial charge in [0.25, 0.3) is 0 Å². The van der Waals surface area contributed by atoms with Gasteiger partial charge in [0.2, 0.25) is 0 Å². The zero-order chi connectivity index (χ0) is 13.1. The molecule has 0 unspecified atom stereocenters. The quantitative estimate of drug-likeness (QED) is 0.814. The van der Waals surface area contributed by atoms with E-state index >= 15 is 0 Å². The van der Waals surface area contributed by atoms with Crippen LogP contribution in [-0.2, 0) is 6.54 Å². The second-order valence-electron chi connectivity index (χ2n) is 5.01. The van der Waals surface area contributed by atoms with Gasteiger partial charge in [-0.25, -0.2) is 0 Å². The highest BCUT2D eigenvalue weighted by Crippen LogP contribution is 2.17. The number of aryl methyl sites for hydroxylation is 1. The first kappa shape index (κ1) is 13.5. The van der Waals surface area contributed by atoms with Crippen LogP contribution in [0.15, 0.2) is 18.2 Å². The van der Waals surface area contributed by atoms with Gasteiger partial charge in [-0.3, -0.25) is 4.90 Å². The van der Waals surface area contributed by atoms with E-state index in [2.05, 4.69) is 24.0 Å². The maximum absolute atomic E-state index is 9.49. The number of aliphatic hydroxyl groups is 1. The topological polar surface area (TPSA) is 49.5 Å². The van der Waals surface area contributed by atoms with Gasteiger partial charge in [-0.1, -0.05) is 24.4 Å². The Morgan fingerprint density at radius 1 is 1.44 bits per heavy atom. The Kier molecular flexibility index (Phi) is 4.32. The normalized spacial score (nSPS) is 17.9. The van der Waals surface area contributed by atoms with Crippen LogP contribution >= 0.6 is 12.2 Å². The lowest BCUT2D eigenvalue weighted by Gasteiger charge is -2.29. The second kappa shape index (κ2) is 5.78. The van der Waals surface area contributed by atoms with E-state index in [-0.39, 0.29) is 6.10 Å². The number of thiocarbonyl (C=S) groups is 1. The predicted octanol–water partition coefficient (Wildman–Crippen LogP) is 1.59. The summed E-state index contributed by atoms with van der Waals surface area (Å²) in [6.45, 7) is 4.97. The summed E-state index contributed by atoms with van der Waals surface area (Å²) in [6.07, 6.45) is 1.65. The van der Waals surface area contributed by atoms with Crippen molar-refractivity contribution in [2.75, 3.05) is 13.1 Å². The average Bonchev–Trinajstić information content (AvgIpc) is 2.34. The van der Waals surface area contributed by atoms with Crippen LogP contribution < -0.4 is 5.73 Å². The minimum absolute atomic E-state index is 0.112. The standard InChI is InChI=1S/C14H20N2OS/c1-10-8-11(14(15)18)2-3-12(10)9-16-6-4-13(17)5-7-16/h2-3,8,13,17H,4-7,9H2,1H3,(H2,15,18). The van der Waals surface area contributed by atoms with Crippen molar-refractivity contribution in [2.24, 2.45) is 5.73 Å². The number of nitrogens with two attached hydrogens (primary N) is 1. The fourth-order valence-electron chi connectivity index (χ4n) is 2.34. The molecule has 1 saturated heterocycles. The third kappa shape index (κ3) is 3.28. The Balaban J connectivity index is 2.03. The Bertz CT molecular complexity index is 439. The van der Waals surface area contributed by atoms with Crippen molar-refractivity contribution in [3.05, 3.63) is 34.9 Å². The van der Waals surface area contributed by atoms with Crippen LogP contribution in [0.5, 0.6) is 0 Å². The van der Waals surface area contributed by atoms with E-state index in [1.165, 1.54) is 11.1 Å². The van der Waals surface area contributed by atoms with Gasteiger partial charge in [-0.05, 0) is 37.0 Å². The van der Waals surface area contributed by atoms with Crippen molar-refractivity contribution < 1.29 is 5.11 Å². The number of likely N-dealkylation sites (tertiary alicyclic amines) is 1. The Morgan fingerprint density at radius 2 is 2.11 bits per heavy atom. The van der Waals surface area contributed by atoms with Gasteiger partial charge in [0.1, 0.15) is 4.99 Å². The average molecular weight is 264 g/mol. The van der Waals surface area contributed by atoms with Crippen LogP contribution in [0, 0.1) is 6.92 Å². The maximum Gasteiger partial charge on any atom is 0.103 e. The summed E-state index contributed by atoms with van der Waals surface area (Å²) in [7, 11) is 0. The maximum atomic E-state index is 9.49. The van der Waals surface area contributed by atoms with Crippen molar-refractivity contribution in [1.82, 2.24) is 4.90 Å². The number of hydrogen-bond donors (Lipinski definition) is 2. The highest BCUT2D eigenvalue weighted by molar-refractivity contribution is 7.80. The molecular weight excluding hydrogens is 244 g/mol. The third-order valence-corrected chi connectivity index (χ3v) is 3.81. The van der Waals surface area contributed by atoms with E-state index < -0.39 is 0 Å². The van der Waals surface area contributed by atoms with Gasteiger partial charge in [-0.2, -0.15) is 0 Å². The molecule has 0 aromatic heterocycles. The molecule has 2 rings (SSSR count). The molecule has 98 valence electrons. The van der Waals surface area contributed by atoms with Crippen LogP contribution in [0.4, 0.5) is 0 Å². The van der Waals surface area contributed by atoms with Crippen molar-refractivity contribution in [3.8, 4) is 0 Å². The zero-order valence-corrected chi connectivity index (χ0v) is 11.5. The SMILES string of the molecule is Cc1cc(C(N)=S)ccc1CN1CCC(O)CC1. The van der Waals surface area contributed by atoms with E-state index in [1.807, 2.05) is 6.07 Å². The number of benzene rings is 1. The molecule has 18 heavy (non-hydrogen) atoms. The number of piperidine rings is 1. The molecule has 1 fully saturated rings. The Morgan fingerprint density at radius 3 is 2.67 bits per heavy atom. The molecule has 0 radical (unpaired) electrons. The highest BCUT2D eigenvalue weighted by Gasteiger charge is 2.17. The molecule has 4 heteroatoms. The van der Waals surface area contributed by atoms with Gasteiger partial charge in [0.05, 0.1) is 6.10 Å². The predicted molar refractivity (Wildman–Crippen MR) is 77.6 cm³/mol. The summed E-state index contributed by atoms with van der Waals surface area (Å²) in [6, 6.07) is 6.15. The fraction of sp³-hybridized carbons (Fsp3) is 0.500. The molecule has 1 aliphatic heterocycles. The molecule has 3 N–H and O–H groups in total. The summed E-state index contributed by atoms with van der Waals surface area (Å²) in [4.78, 5) is 2.83. The molecule has 1 aliphatic rings. The smallest absolute Gasteiger partial charge is 0.103 e. The first-order valence-corrected chi connectivity index (χ1v) is 6.77. The molecule has 0 atom stereocenters.